The summed E-state index contributed by atoms with van der Waals surface area (Å²) in [6, 6.07) is 0.210. The summed E-state index contributed by atoms with van der Waals surface area (Å²) in [5.74, 6) is 2.76. The van der Waals surface area contributed by atoms with Crippen LogP contribution in [0.15, 0.2) is 0 Å². The number of nitrogens with one attached hydrogen (secondary N) is 1. The number of hydrogen-bond donors (Lipinski definition) is 1. The average molecular weight is 223 g/mol. The number of terminal acetylenes is 1. The molecule has 1 N–H and O–H groups in total. The van der Waals surface area contributed by atoms with Crippen molar-refractivity contribution in [3.05, 3.63) is 0 Å². The molecule has 0 radical (unpaired) electrons. The van der Waals surface area contributed by atoms with Crippen LogP contribution in [0.25, 0.3) is 0 Å². The number of hydrogen-bond acceptors (Lipinski definition) is 3. The van der Waals surface area contributed by atoms with Gasteiger partial charge in [-0.25, -0.2) is 0 Å². The molecule has 1 atom stereocenters. The molecule has 90 valence electrons. The van der Waals surface area contributed by atoms with Gasteiger partial charge in [-0.2, -0.15) is 0 Å². The Morgan fingerprint density at radius 2 is 2.06 bits per heavy atom. The van der Waals surface area contributed by atoms with Gasteiger partial charge in [0.25, 0.3) is 0 Å². The van der Waals surface area contributed by atoms with Crippen LogP contribution in [0, 0.1) is 12.3 Å². The van der Waals surface area contributed by atoms with Crippen molar-refractivity contribution >= 4 is 5.91 Å². The molecule has 1 rings (SSSR count). The van der Waals surface area contributed by atoms with Crippen molar-refractivity contribution in [3.63, 3.8) is 0 Å². The summed E-state index contributed by atoms with van der Waals surface area (Å²) in [6.07, 6.45) is 5.87. The Morgan fingerprint density at radius 3 is 2.62 bits per heavy atom. The average Bonchev–Trinajstić information content (AvgIpc) is 2.27. The molecule has 4 heteroatoms. The Hall–Kier alpha value is -1.05. The predicted octanol–water partition coefficient (Wildman–Crippen LogP) is -0.238. The number of carbonyl (C=O) groups excluding carboxylic acids is 1. The van der Waals surface area contributed by atoms with Crippen LogP contribution in [-0.4, -0.2) is 61.5 Å². The summed E-state index contributed by atoms with van der Waals surface area (Å²) in [5.41, 5.74) is 0. The summed E-state index contributed by atoms with van der Waals surface area (Å²) in [5, 5.41) is 3.14. The van der Waals surface area contributed by atoms with Crippen LogP contribution < -0.4 is 5.32 Å². The van der Waals surface area contributed by atoms with Gasteiger partial charge in [0.05, 0.1) is 6.54 Å². The van der Waals surface area contributed by atoms with Crippen molar-refractivity contribution in [1.82, 2.24) is 15.1 Å². The highest BCUT2D eigenvalue weighted by Crippen LogP contribution is 1.99. The zero-order chi connectivity index (χ0) is 12.0. The Balaban J connectivity index is 2.22. The van der Waals surface area contributed by atoms with E-state index in [-0.39, 0.29) is 11.9 Å². The van der Waals surface area contributed by atoms with E-state index in [0.717, 1.165) is 26.2 Å². The van der Waals surface area contributed by atoms with Gasteiger partial charge < -0.3 is 15.1 Å². The minimum absolute atomic E-state index is 0.178. The third kappa shape index (κ3) is 4.21. The van der Waals surface area contributed by atoms with Crippen molar-refractivity contribution in [2.45, 2.75) is 19.4 Å². The Bertz CT molecular complexity index is 264. The highest BCUT2D eigenvalue weighted by atomic mass is 16.2. The van der Waals surface area contributed by atoms with Gasteiger partial charge in [-0.05, 0) is 14.0 Å². The molecule has 1 heterocycles. The monoisotopic (exact) mass is 223 g/mol. The lowest BCUT2D eigenvalue weighted by molar-refractivity contribution is -0.131. The second-order valence-corrected chi connectivity index (χ2v) is 4.37. The highest BCUT2D eigenvalue weighted by Gasteiger charge is 2.18. The second kappa shape index (κ2) is 6.51. The van der Waals surface area contributed by atoms with E-state index in [1.54, 1.807) is 0 Å². The fraction of sp³-hybridized carbons (Fsp3) is 0.750. The summed E-state index contributed by atoms with van der Waals surface area (Å²) >= 11 is 0. The second-order valence-electron chi connectivity index (χ2n) is 4.37. The van der Waals surface area contributed by atoms with Crippen LogP contribution in [0.4, 0.5) is 0 Å². The van der Waals surface area contributed by atoms with E-state index in [9.17, 15) is 4.79 Å². The molecule has 1 amide bonds. The molecule has 0 aromatic heterocycles. The van der Waals surface area contributed by atoms with Crippen LogP contribution >= 0.6 is 0 Å². The largest absolute Gasteiger partial charge is 0.339 e. The van der Waals surface area contributed by atoms with E-state index in [4.69, 9.17) is 6.42 Å². The number of amides is 1. The molecule has 0 aromatic carbocycles. The summed E-state index contributed by atoms with van der Waals surface area (Å²) < 4.78 is 0. The molecule has 1 aliphatic rings. The van der Waals surface area contributed by atoms with E-state index < -0.39 is 0 Å². The van der Waals surface area contributed by atoms with Crippen LogP contribution in [0.1, 0.15) is 13.3 Å². The van der Waals surface area contributed by atoms with Gasteiger partial charge in [-0.3, -0.25) is 4.79 Å². The van der Waals surface area contributed by atoms with Crippen molar-refractivity contribution in [2.24, 2.45) is 0 Å². The van der Waals surface area contributed by atoms with Gasteiger partial charge >= 0.3 is 0 Å². The third-order valence-electron chi connectivity index (χ3n) is 2.88. The minimum Gasteiger partial charge on any atom is -0.339 e. The van der Waals surface area contributed by atoms with Gasteiger partial charge in [0.15, 0.2) is 0 Å². The van der Waals surface area contributed by atoms with Gasteiger partial charge in [0, 0.05) is 38.6 Å². The van der Waals surface area contributed by atoms with Crippen LogP contribution in [0.5, 0.6) is 0 Å². The van der Waals surface area contributed by atoms with Crippen LogP contribution in [-0.2, 0) is 4.79 Å². The lowest BCUT2D eigenvalue weighted by Gasteiger charge is -2.32. The molecule has 1 unspecified atom stereocenters. The smallest absolute Gasteiger partial charge is 0.236 e. The normalized spacial score (nSPS) is 19.2. The molecule has 0 bridgehead atoms. The number of likely N-dealkylation sites (N-methyl/N-ethyl adjacent to an activating group) is 1. The molecule has 0 spiro atoms. The maximum atomic E-state index is 11.8. The number of carbonyl (C=O) groups is 1. The summed E-state index contributed by atoms with van der Waals surface area (Å²) in [7, 11) is 2.08. The van der Waals surface area contributed by atoms with E-state index in [1.807, 2.05) is 11.8 Å². The number of piperazine rings is 1. The fourth-order valence-electron chi connectivity index (χ4n) is 1.68. The predicted molar refractivity (Wildman–Crippen MR) is 65.0 cm³/mol. The Labute approximate surface area is 98.0 Å². The molecular weight excluding hydrogens is 202 g/mol. The number of nitrogens with zero attached hydrogens (tertiary/aromatic N) is 2. The van der Waals surface area contributed by atoms with Crippen LogP contribution in [0.3, 0.4) is 0 Å². The van der Waals surface area contributed by atoms with Crippen molar-refractivity contribution in [2.75, 3.05) is 39.8 Å². The molecule has 16 heavy (non-hydrogen) atoms. The van der Waals surface area contributed by atoms with E-state index >= 15 is 0 Å². The molecule has 4 nitrogen and oxygen atoms in total. The highest BCUT2D eigenvalue weighted by molar-refractivity contribution is 5.78. The Kier molecular flexibility index (Phi) is 5.30. The van der Waals surface area contributed by atoms with Gasteiger partial charge in [-0.15, -0.1) is 12.3 Å². The van der Waals surface area contributed by atoms with Gasteiger partial charge in [-0.1, -0.05) is 0 Å². The van der Waals surface area contributed by atoms with E-state index in [2.05, 4.69) is 23.2 Å². The van der Waals surface area contributed by atoms with Crippen molar-refractivity contribution in [1.29, 1.82) is 0 Å². The quantitative estimate of drug-likeness (QED) is 0.668. The fourth-order valence-corrected chi connectivity index (χ4v) is 1.68. The minimum atomic E-state index is 0.178. The lowest BCUT2D eigenvalue weighted by Crippen LogP contribution is -2.50. The third-order valence-corrected chi connectivity index (χ3v) is 2.88. The van der Waals surface area contributed by atoms with E-state index in [0.29, 0.717) is 13.0 Å². The molecule has 1 saturated heterocycles. The topological polar surface area (TPSA) is 35.6 Å². The first-order valence-corrected chi connectivity index (χ1v) is 5.76. The van der Waals surface area contributed by atoms with Crippen molar-refractivity contribution < 1.29 is 4.79 Å². The van der Waals surface area contributed by atoms with Crippen molar-refractivity contribution in [3.8, 4) is 12.3 Å². The molecule has 0 aromatic rings. The Morgan fingerprint density at radius 1 is 1.44 bits per heavy atom. The molecule has 1 fully saturated rings. The zero-order valence-corrected chi connectivity index (χ0v) is 10.2. The first-order valence-electron chi connectivity index (χ1n) is 5.76. The molecular formula is C12H21N3O. The maximum Gasteiger partial charge on any atom is 0.236 e. The SMILES string of the molecule is C#CCC(C)NCC(=O)N1CCN(C)CC1. The standard InChI is InChI=1S/C12H21N3O/c1-4-5-11(2)13-10-12(16)15-8-6-14(3)7-9-15/h1,11,13H,5-10H2,2-3H3. The van der Waals surface area contributed by atoms with Gasteiger partial charge in [0.2, 0.25) is 5.91 Å². The summed E-state index contributed by atoms with van der Waals surface area (Å²) in [4.78, 5) is 16.0. The summed E-state index contributed by atoms with van der Waals surface area (Å²) in [6.45, 7) is 5.99. The van der Waals surface area contributed by atoms with Gasteiger partial charge in [0.1, 0.15) is 0 Å². The lowest BCUT2D eigenvalue weighted by atomic mass is 10.2. The number of rotatable bonds is 4. The zero-order valence-electron chi connectivity index (χ0n) is 10.2. The molecule has 1 aliphatic heterocycles. The first kappa shape index (κ1) is 13.0. The first-order chi connectivity index (χ1) is 7.63. The maximum absolute atomic E-state index is 11.8. The van der Waals surface area contributed by atoms with E-state index in [1.165, 1.54) is 0 Å². The van der Waals surface area contributed by atoms with Crippen LogP contribution in [0.2, 0.25) is 0 Å². The molecule has 0 aliphatic carbocycles. The molecule has 0 saturated carbocycles.